The number of allylic oxidation sites excluding steroid dienone is 3. The number of esters is 1. The molecule has 6 N–H and O–H groups in total. The average Bonchev–Trinajstić information content (AvgIpc) is 3.39. The molecule has 11 nitrogen and oxygen atoms in total. The van der Waals surface area contributed by atoms with Gasteiger partial charge >= 0.3 is 5.97 Å². The second kappa shape index (κ2) is 52.2. The lowest BCUT2D eigenvalue weighted by molar-refractivity contribution is -0.302. The first-order chi connectivity index (χ1) is 35.7. The lowest BCUT2D eigenvalue weighted by Crippen LogP contribution is -2.60. The normalized spacial score (nSPS) is 19.0. The fourth-order valence-electron chi connectivity index (χ4n) is 9.84. The third kappa shape index (κ3) is 41.9. The second-order valence-corrected chi connectivity index (χ2v) is 21.8. The molecule has 7 atom stereocenters. The standard InChI is InChI=1S/C62H117NO10/c1-3-5-7-9-11-13-14-30-34-38-42-46-50-58(67)71-51-47-43-39-35-31-28-26-24-22-20-18-16-15-17-19-21-23-25-27-29-33-37-41-45-49-57(66)63-54(55(65)48-44-40-36-32-12-10-8-6-4-2)53-72-62-61(70)60(69)59(68)56(52-64)73-62/h11,13,44,48,54-56,59-62,64-65,68-70H,3-10,12,14-43,45-47,49-53H2,1-2H3,(H,63,66)/b13-11-,48-44+. The van der Waals surface area contributed by atoms with Crippen molar-refractivity contribution >= 4 is 11.9 Å². The van der Waals surface area contributed by atoms with Crippen LogP contribution in [0, 0.1) is 0 Å². The van der Waals surface area contributed by atoms with E-state index in [2.05, 4.69) is 31.3 Å². The Bertz CT molecular complexity index is 1260. The van der Waals surface area contributed by atoms with Crippen LogP contribution in [0.3, 0.4) is 0 Å². The molecule has 1 heterocycles. The molecule has 1 rings (SSSR count). The van der Waals surface area contributed by atoms with Gasteiger partial charge in [-0.2, -0.15) is 0 Å². The molecule has 0 radical (unpaired) electrons. The number of amides is 1. The van der Waals surface area contributed by atoms with Crippen LogP contribution in [0.2, 0.25) is 0 Å². The van der Waals surface area contributed by atoms with Gasteiger partial charge in [0.25, 0.3) is 0 Å². The number of aliphatic hydroxyl groups is 5. The molecule has 1 fully saturated rings. The molecule has 0 bridgehead atoms. The van der Waals surface area contributed by atoms with Crippen molar-refractivity contribution in [2.45, 2.75) is 339 Å². The Morgan fingerprint density at radius 3 is 1.34 bits per heavy atom. The van der Waals surface area contributed by atoms with Gasteiger partial charge in [0.15, 0.2) is 6.29 Å². The quantitative estimate of drug-likeness (QED) is 0.0195. The maximum Gasteiger partial charge on any atom is 0.305 e. The monoisotopic (exact) mass is 1040 g/mol. The molecular weight excluding hydrogens is 919 g/mol. The molecule has 0 saturated carbocycles. The van der Waals surface area contributed by atoms with E-state index in [4.69, 9.17) is 14.2 Å². The number of hydrogen-bond acceptors (Lipinski definition) is 10. The van der Waals surface area contributed by atoms with Crippen molar-refractivity contribution < 1.29 is 49.3 Å². The molecule has 1 saturated heterocycles. The fraction of sp³-hybridized carbons (Fsp3) is 0.903. The van der Waals surface area contributed by atoms with Crippen LogP contribution in [-0.2, 0) is 23.8 Å². The number of carbonyl (C=O) groups is 2. The van der Waals surface area contributed by atoms with Gasteiger partial charge in [0.1, 0.15) is 24.4 Å². The summed E-state index contributed by atoms with van der Waals surface area (Å²) in [7, 11) is 0. The van der Waals surface area contributed by atoms with Crippen molar-refractivity contribution in [3.05, 3.63) is 24.3 Å². The van der Waals surface area contributed by atoms with Gasteiger partial charge in [-0.1, -0.05) is 250 Å². The van der Waals surface area contributed by atoms with E-state index in [1.807, 2.05) is 6.08 Å². The van der Waals surface area contributed by atoms with E-state index in [-0.39, 0.29) is 18.5 Å². The molecule has 1 amide bonds. The van der Waals surface area contributed by atoms with Crippen molar-refractivity contribution in [3.63, 3.8) is 0 Å². The van der Waals surface area contributed by atoms with Crippen LogP contribution < -0.4 is 5.32 Å². The van der Waals surface area contributed by atoms with Crippen molar-refractivity contribution in [1.82, 2.24) is 5.32 Å². The third-order valence-electron chi connectivity index (χ3n) is 14.8. The van der Waals surface area contributed by atoms with Gasteiger partial charge in [0.05, 0.1) is 32.0 Å². The van der Waals surface area contributed by atoms with Gasteiger partial charge in [0, 0.05) is 12.8 Å². The Labute approximate surface area is 448 Å². The number of rotatable bonds is 54. The van der Waals surface area contributed by atoms with Gasteiger partial charge in [-0.15, -0.1) is 0 Å². The first-order valence-corrected chi connectivity index (χ1v) is 31.1. The topological polar surface area (TPSA) is 175 Å². The number of aliphatic hydroxyl groups excluding tert-OH is 5. The van der Waals surface area contributed by atoms with E-state index in [1.54, 1.807) is 6.08 Å². The van der Waals surface area contributed by atoms with E-state index in [1.165, 1.54) is 212 Å². The summed E-state index contributed by atoms with van der Waals surface area (Å²) in [5.41, 5.74) is 0. The minimum Gasteiger partial charge on any atom is -0.466 e. The highest BCUT2D eigenvalue weighted by molar-refractivity contribution is 5.76. The Morgan fingerprint density at radius 1 is 0.493 bits per heavy atom. The number of ether oxygens (including phenoxy) is 3. The maximum atomic E-state index is 13.0. The average molecular weight is 1040 g/mol. The molecule has 1 aliphatic heterocycles. The summed E-state index contributed by atoms with van der Waals surface area (Å²) in [5, 5.41) is 54.2. The lowest BCUT2D eigenvalue weighted by Gasteiger charge is -2.40. The van der Waals surface area contributed by atoms with E-state index in [9.17, 15) is 35.1 Å². The van der Waals surface area contributed by atoms with E-state index < -0.39 is 49.5 Å². The molecule has 73 heavy (non-hydrogen) atoms. The van der Waals surface area contributed by atoms with Crippen molar-refractivity contribution in [1.29, 1.82) is 0 Å². The molecule has 0 spiro atoms. The highest BCUT2D eigenvalue weighted by Crippen LogP contribution is 2.23. The Morgan fingerprint density at radius 2 is 0.877 bits per heavy atom. The number of unbranched alkanes of at least 4 members (excludes halogenated alkanes) is 38. The summed E-state index contributed by atoms with van der Waals surface area (Å²) in [4.78, 5) is 25.0. The smallest absolute Gasteiger partial charge is 0.305 e. The van der Waals surface area contributed by atoms with Gasteiger partial charge in [-0.05, 0) is 57.8 Å². The molecule has 0 aromatic carbocycles. The Kier molecular flexibility index (Phi) is 49.5. The molecule has 0 aromatic rings. The van der Waals surface area contributed by atoms with Crippen molar-refractivity contribution in [3.8, 4) is 0 Å². The molecule has 7 unspecified atom stereocenters. The molecule has 0 aliphatic carbocycles. The summed E-state index contributed by atoms with van der Waals surface area (Å²) >= 11 is 0. The SMILES string of the molecule is CCCCC/C=C\CCCCCCCC(=O)OCCCCCCCCCCCCCCCCCCCCCCCCCCC(=O)NC(COC1OC(CO)C(O)C(O)C1O)C(O)/C=C/CCCCCCCCC. The lowest BCUT2D eigenvalue weighted by atomic mass is 9.99. The molecule has 0 aromatic heterocycles. The zero-order valence-corrected chi connectivity index (χ0v) is 47.4. The minimum absolute atomic E-state index is 0.00579. The van der Waals surface area contributed by atoms with Crippen molar-refractivity contribution in [2.24, 2.45) is 0 Å². The maximum absolute atomic E-state index is 13.0. The van der Waals surface area contributed by atoms with Crippen LogP contribution in [0.25, 0.3) is 0 Å². The zero-order valence-electron chi connectivity index (χ0n) is 47.4. The summed E-state index contributed by atoms with van der Waals surface area (Å²) in [6.45, 7) is 4.30. The van der Waals surface area contributed by atoms with Gasteiger partial charge < -0.3 is 45.1 Å². The fourth-order valence-corrected chi connectivity index (χ4v) is 9.84. The summed E-state index contributed by atoms with van der Waals surface area (Å²) < 4.78 is 16.7. The number of hydrogen-bond donors (Lipinski definition) is 6. The van der Waals surface area contributed by atoms with Crippen LogP contribution in [-0.4, -0.2) is 100 Å². The molecular formula is C62H117NO10. The van der Waals surface area contributed by atoms with E-state index in [0.29, 0.717) is 19.4 Å². The van der Waals surface area contributed by atoms with E-state index in [0.717, 1.165) is 57.8 Å². The van der Waals surface area contributed by atoms with Crippen LogP contribution in [0.15, 0.2) is 24.3 Å². The summed E-state index contributed by atoms with van der Waals surface area (Å²) in [6, 6.07) is -0.807. The molecule has 430 valence electrons. The Hall–Kier alpha value is -1.86. The van der Waals surface area contributed by atoms with Crippen LogP contribution in [0.5, 0.6) is 0 Å². The number of carbonyl (C=O) groups excluding carboxylic acids is 2. The largest absolute Gasteiger partial charge is 0.466 e. The van der Waals surface area contributed by atoms with Gasteiger partial charge in [-0.3, -0.25) is 9.59 Å². The van der Waals surface area contributed by atoms with Gasteiger partial charge in [-0.25, -0.2) is 0 Å². The van der Waals surface area contributed by atoms with Crippen molar-refractivity contribution in [2.75, 3.05) is 19.8 Å². The van der Waals surface area contributed by atoms with Crippen LogP contribution in [0.4, 0.5) is 0 Å². The first-order valence-electron chi connectivity index (χ1n) is 31.1. The number of nitrogens with one attached hydrogen (secondary N) is 1. The highest BCUT2D eigenvalue weighted by Gasteiger charge is 2.44. The Balaban J connectivity index is 1.97. The van der Waals surface area contributed by atoms with E-state index >= 15 is 0 Å². The second-order valence-electron chi connectivity index (χ2n) is 21.8. The first kappa shape index (κ1) is 69.2. The summed E-state index contributed by atoms with van der Waals surface area (Å²) in [6.07, 6.45) is 52.9. The molecule has 1 aliphatic rings. The predicted molar refractivity (Wildman–Crippen MR) is 301 cm³/mol. The predicted octanol–water partition coefficient (Wildman–Crippen LogP) is 14.5. The zero-order chi connectivity index (χ0) is 53.1. The summed E-state index contributed by atoms with van der Waals surface area (Å²) in [5.74, 6) is -0.188. The van der Waals surface area contributed by atoms with Crippen LogP contribution >= 0.6 is 0 Å². The highest BCUT2D eigenvalue weighted by atomic mass is 16.7. The van der Waals surface area contributed by atoms with Gasteiger partial charge in [0.2, 0.25) is 5.91 Å². The van der Waals surface area contributed by atoms with Crippen LogP contribution in [0.1, 0.15) is 296 Å². The minimum atomic E-state index is -1.57. The molecule has 11 heteroatoms. The third-order valence-corrected chi connectivity index (χ3v) is 14.8.